The van der Waals surface area contributed by atoms with E-state index in [9.17, 15) is 4.79 Å². The zero-order chi connectivity index (χ0) is 17.8. The van der Waals surface area contributed by atoms with Crippen LogP contribution < -0.4 is 0 Å². The molecule has 1 heterocycles. The number of hydrogen-bond acceptors (Lipinski definition) is 3. The molecule has 1 fully saturated rings. The van der Waals surface area contributed by atoms with Gasteiger partial charge in [0.2, 0.25) is 0 Å². The average Bonchev–Trinajstić information content (AvgIpc) is 2.67. The fourth-order valence-corrected chi connectivity index (χ4v) is 5.83. The van der Waals surface area contributed by atoms with Crippen molar-refractivity contribution in [2.45, 2.75) is 24.0 Å². The molecule has 2 aromatic rings. The summed E-state index contributed by atoms with van der Waals surface area (Å²) in [6, 6.07) is 15.8. The maximum atomic E-state index is 12.8. The Morgan fingerprint density at radius 1 is 1.08 bits per heavy atom. The highest BCUT2D eigenvalue weighted by atomic mass is 35.5. The van der Waals surface area contributed by atoms with Gasteiger partial charge in [-0.1, -0.05) is 35.9 Å². The molecule has 2 aromatic carbocycles. The number of hydrogen-bond donors (Lipinski definition) is 0. The molecule has 3 rings (SSSR count). The second-order valence-electron chi connectivity index (χ2n) is 6.19. The van der Waals surface area contributed by atoms with E-state index in [2.05, 4.69) is 12.1 Å². The highest BCUT2D eigenvalue weighted by Gasteiger charge is 2.20. The van der Waals surface area contributed by atoms with Gasteiger partial charge in [0.1, 0.15) is 0 Å². The summed E-state index contributed by atoms with van der Waals surface area (Å²) in [6.45, 7) is 2.03. The number of nitrogens with zero attached hydrogens (tertiary/aromatic N) is 1. The Bertz CT molecular complexity index is 711. The molecule has 132 valence electrons. The summed E-state index contributed by atoms with van der Waals surface area (Å²) >= 11 is 9.94. The van der Waals surface area contributed by atoms with Crippen molar-refractivity contribution in [2.75, 3.05) is 18.6 Å². The summed E-state index contributed by atoms with van der Waals surface area (Å²) in [4.78, 5) is 14.6. The number of halogens is 1. The van der Waals surface area contributed by atoms with E-state index >= 15 is 0 Å². The molecule has 0 aromatic heterocycles. The van der Waals surface area contributed by atoms with E-state index in [-0.39, 0.29) is 11.9 Å². The lowest BCUT2D eigenvalue weighted by atomic mass is 10.1. The lowest BCUT2D eigenvalue weighted by molar-refractivity contribution is 0.0742. The van der Waals surface area contributed by atoms with E-state index in [1.165, 1.54) is 23.5 Å². The van der Waals surface area contributed by atoms with E-state index in [0.29, 0.717) is 9.60 Å². The molecule has 1 amide bonds. The first-order valence-corrected chi connectivity index (χ1v) is 10.9. The van der Waals surface area contributed by atoms with E-state index in [1.54, 1.807) is 4.90 Å². The quantitative estimate of drug-likeness (QED) is 0.633. The second kappa shape index (κ2) is 8.52. The molecule has 1 unspecified atom stereocenters. The zero-order valence-electron chi connectivity index (χ0n) is 14.4. The van der Waals surface area contributed by atoms with Crippen LogP contribution >= 0.6 is 35.1 Å². The number of benzene rings is 2. The van der Waals surface area contributed by atoms with E-state index in [0.717, 1.165) is 11.1 Å². The van der Waals surface area contributed by atoms with Crippen LogP contribution in [-0.2, 0) is 0 Å². The Hall–Kier alpha value is -1.10. The first-order valence-electron chi connectivity index (χ1n) is 8.42. The standard InChI is InChI=1S/C20H22ClNOS2/c1-14(15-8-10-18(21)11-9-15)22(2)19(23)16-4-6-17(7-5-16)20-24-12-3-13-25-20/h4-11,14,20H,3,12-13H2,1-2H3. The van der Waals surface area contributed by atoms with Crippen LogP contribution in [-0.4, -0.2) is 29.4 Å². The Labute approximate surface area is 163 Å². The molecule has 0 N–H and O–H groups in total. The third-order valence-electron chi connectivity index (χ3n) is 4.51. The lowest BCUT2D eigenvalue weighted by Crippen LogP contribution is -2.29. The SMILES string of the molecule is CC(c1ccc(Cl)cc1)N(C)C(=O)c1ccc(C2SCCCS2)cc1. The van der Waals surface area contributed by atoms with Gasteiger partial charge in [-0.3, -0.25) is 4.79 Å². The van der Waals surface area contributed by atoms with Crippen LogP contribution in [0.2, 0.25) is 5.02 Å². The fourth-order valence-electron chi connectivity index (χ4n) is 2.81. The van der Waals surface area contributed by atoms with Crippen molar-refractivity contribution in [1.82, 2.24) is 4.90 Å². The molecule has 0 aliphatic carbocycles. The maximum Gasteiger partial charge on any atom is 0.254 e. The Balaban J connectivity index is 1.70. The van der Waals surface area contributed by atoms with Crippen molar-refractivity contribution in [3.8, 4) is 0 Å². The van der Waals surface area contributed by atoms with E-state index in [4.69, 9.17) is 11.6 Å². The molecule has 1 aliphatic heterocycles. The van der Waals surface area contributed by atoms with Crippen molar-refractivity contribution in [2.24, 2.45) is 0 Å². The van der Waals surface area contributed by atoms with Crippen molar-refractivity contribution >= 4 is 41.0 Å². The number of rotatable bonds is 4. The van der Waals surface area contributed by atoms with Gasteiger partial charge in [0.15, 0.2) is 0 Å². The third-order valence-corrected chi connectivity index (χ3v) is 7.78. The van der Waals surface area contributed by atoms with E-state index < -0.39 is 0 Å². The first-order chi connectivity index (χ1) is 12.1. The number of thioether (sulfide) groups is 2. The Morgan fingerprint density at radius 2 is 1.68 bits per heavy atom. The minimum absolute atomic E-state index is 0.00565. The average molecular weight is 392 g/mol. The Morgan fingerprint density at radius 3 is 2.28 bits per heavy atom. The topological polar surface area (TPSA) is 20.3 Å². The van der Waals surface area contributed by atoms with Gasteiger partial charge in [-0.15, -0.1) is 23.5 Å². The van der Waals surface area contributed by atoms with E-state index in [1.807, 2.05) is 73.9 Å². The zero-order valence-corrected chi connectivity index (χ0v) is 16.8. The predicted molar refractivity (Wildman–Crippen MR) is 111 cm³/mol. The predicted octanol–water partition coefficient (Wildman–Crippen LogP) is 6.04. The summed E-state index contributed by atoms with van der Waals surface area (Å²) in [5.41, 5.74) is 3.12. The van der Waals surface area contributed by atoms with Crippen LogP contribution in [0.3, 0.4) is 0 Å². The van der Waals surface area contributed by atoms with Crippen molar-refractivity contribution < 1.29 is 4.79 Å². The summed E-state index contributed by atoms with van der Waals surface area (Å²) in [7, 11) is 1.85. The second-order valence-corrected chi connectivity index (χ2v) is 9.35. The Kier molecular flexibility index (Phi) is 6.37. The largest absolute Gasteiger partial charge is 0.335 e. The summed E-state index contributed by atoms with van der Waals surface area (Å²) in [5, 5.41) is 0.707. The van der Waals surface area contributed by atoms with Gasteiger partial charge in [-0.25, -0.2) is 0 Å². The van der Waals surface area contributed by atoms with Crippen LogP contribution in [0.25, 0.3) is 0 Å². The van der Waals surface area contributed by atoms with Gasteiger partial charge in [0.25, 0.3) is 5.91 Å². The molecule has 0 saturated carbocycles. The van der Waals surface area contributed by atoms with Crippen molar-refractivity contribution in [1.29, 1.82) is 0 Å². The van der Waals surface area contributed by atoms with Gasteiger partial charge in [0, 0.05) is 17.6 Å². The molecular weight excluding hydrogens is 370 g/mol. The monoisotopic (exact) mass is 391 g/mol. The van der Waals surface area contributed by atoms with Crippen LogP contribution in [0.15, 0.2) is 48.5 Å². The molecule has 0 radical (unpaired) electrons. The molecule has 1 aliphatic rings. The highest BCUT2D eigenvalue weighted by Crippen LogP contribution is 2.43. The summed E-state index contributed by atoms with van der Waals surface area (Å²) in [6.07, 6.45) is 1.29. The minimum Gasteiger partial charge on any atom is -0.335 e. The first kappa shape index (κ1) is 18.7. The molecule has 1 atom stereocenters. The van der Waals surface area contributed by atoms with Crippen LogP contribution in [0.4, 0.5) is 0 Å². The maximum absolute atomic E-state index is 12.8. The summed E-state index contributed by atoms with van der Waals surface area (Å²) < 4.78 is 0.503. The molecule has 25 heavy (non-hydrogen) atoms. The molecule has 2 nitrogen and oxygen atoms in total. The molecule has 0 bridgehead atoms. The number of carbonyl (C=O) groups excluding carboxylic acids is 1. The molecule has 5 heteroatoms. The number of amides is 1. The van der Waals surface area contributed by atoms with Crippen LogP contribution in [0, 0.1) is 0 Å². The molecule has 1 saturated heterocycles. The normalized spacial score (nSPS) is 16.4. The van der Waals surface area contributed by atoms with Gasteiger partial charge in [-0.05, 0) is 60.2 Å². The van der Waals surface area contributed by atoms with Crippen molar-refractivity contribution in [3.63, 3.8) is 0 Å². The van der Waals surface area contributed by atoms with Gasteiger partial charge < -0.3 is 4.90 Å². The lowest BCUT2D eigenvalue weighted by Gasteiger charge is -2.26. The molecular formula is C20H22ClNOS2. The third kappa shape index (κ3) is 4.55. The summed E-state index contributed by atoms with van der Waals surface area (Å²) in [5.74, 6) is 2.48. The molecule has 0 spiro atoms. The van der Waals surface area contributed by atoms with Crippen LogP contribution in [0.1, 0.15) is 45.5 Å². The highest BCUT2D eigenvalue weighted by molar-refractivity contribution is 8.16. The fraction of sp³-hybridized carbons (Fsp3) is 0.350. The van der Waals surface area contributed by atoms with Gasteiger partial charge >= 0.3 is 0 Å². The van der Waals surface area contributed by atoms with Gasteiger partial charge in [0.05, 0.1) is 10.6 Å². The number of carbonyl (C=O) groups is 1. The van der Waals surface area contributed by atoms with Crippen LogP contribution in [0.5, 0.6) is 0 Å². The van der Waals surface area contributed by atoms with Gasteiger partial charge in [-0.2, -0.15) is 0 Å². The van der Waals surface area contributed by atoms with Crippen molar-refractivity contribution in [3.05, 3.63) is 70.2 Å². The minimum atomic E-state index is -0.00565. The smallest absolute Gasteiger partial charge is 0.254 e.